The summed E-state index contributed by atoms with van der Waals surface area (Å²) >= 11 is 6.07. The Morgan fingerprint density at radius 1 is 0.931 bits per heavy atom. The lowest BCUT2D eigenvalue weighted by Gasteiger charge is -2.14. The summed E-state index contributed by atoms with van der Waals surface area (Å²) in [6.45, 7) is 2.35. The number of benzene rings is 3. The zero-order valence-corrected chi connectivity index (χ0v) is 17.5. The summed E-state index contributed by atoms with van der Waals surface area (Å²) in [5, 5.41) is 0.368. The Labute approximate surface area is 175 Å². The molecule has 0 aliphatic heterocycles. The van der Waals surface area contributed by atoms with Crippen molar-refractivity contribution in [2.75, 3.05) is 18.4 Å². The Hall–Kier alpha value is -2.90. The van der Waals surface area contributed by atoms with Gasteiger partial charge < -0.3 is 14.2 Å². The first-order chi connectivity index (χ1) is 13.9. The van der Waals surface area contributed by atoms with Crippen LogP contribution in [-0.2, 0) is 10.0 Å². The number of halogens is 1. The monoisotopic (exact) mass is 433 g/mol. The molecule has 0 unspecified atom stereocenters. The van der Waals surface area contributed by atoms with Gasteiger partial charge >= 0.3 is 0 Å². The Bertz CT molecular complexity index is 1080. The molecule has 0 fully saturated rings. The van der Waals surface area contributed by atoms with Crippen molar-refractivity contribution in [3.05, 3.63) is 71.8 Å². The lowest BCUT2D eigenvalue weighted by Crippen LogP contribution is -2.13. The molecule has 8 heteroatoms. The SMILES string of the molecule is CCOc1ccc(S(=O)(=O)Nc2cc(Cl)ccc2Oc2cccc(OC)c2)cc1. The summed E-state index contributed by atoms with van der Waals surface area (Å²) in [5.41, 5.74) is 0.217. The van der Waals surface area contributed by atoms with E-state index in [0.29, 0.717) is 34.6 Å². The summed E-state index contributed by atoms with van der Waals surface area (Å²) in [6.07, 6.45) is 0. The fraction of sp³-hybridized carbons (Fsp3) is 0.143. The third-order valence-electron chi connectivity index (χ3n) is 3.90. The van der Waals surface area contributed by atoms with Crippen LogP contribution < -0.4 is 18.9 Å². The molecule has 0 atom stereocenters. The van der Waals surface area contributed by atoms with Gasteiger partial charge in [0.15, 0.2) is 5.75 Å². The van der Waals surface area contributed by atoms with E-state index in [0.717, 1.165) is 0 Å². The lowest BCUT2D eigenvalue weighted by molar-refractivity contribution is 0.340. The van der Waals surface area contributed by atoms with E-state index in [1.54, 1.807) is 55.6 Å². The van der Waals surface area contributed by atoms with Crippen molar-refractivity contribution in [1.29, 1.82) is 0 Å². The van der Waals surface area contributed by atoms with E-state index in [9.17, 15) is 8.42 Å². The van der Waals surface area contributed by atoms with Gasteiger partial charge in [0.2, 0.25) is 0 Å². The van der Waals surface area contributed by atoms with E-state index in [-0.39, 0.29) is 10.6 Å². The number of anilines is 1. The summed E-state index contributed by atoms with van der Waals surface area (Å²) in [6, 6.07) is 17.8. The second-order valence-electron chi connectivity index (χ2n) is 5.93. The molecule has 0 spiro atoms. The van der Waals surface area contributed by atoms with Gasteiger partial charge in [0, 0.05) is 11.1 Å². The van der Waals surface area contributed by atoms with E-state index in [4.69, 9.17) is 25.8 Å². The second kappa shape index (κ2) is 9.07. The van der Waals surface area contributed by atoms with Crippen LogP contribution in [-0.4, -0.2) is 22.1 Å². The van der Waals surface area contributed by atoms with Crippen LogP contribution in [0.1, 0.15) is 6.92 Å². The van der Waals surface area contributed by atoms with Crippen LogP contribution in [0, 0.1) is 0 Å². The highest BCUT2D eigenvalue weighted by Crippen LogP contribution is 2.34. The Balaban J connectivity index is 1.88. The Kier molecular flexibility index (Phi) is 6.51. The van der Waals surface area contributed by atoms with Gasteiger partial charge in [0.1, 0.15) is 17.2 Å². The Morgan fingerprint density at radius 3 is 2.34 bits per heavy atom. The van der Waals surface area contributed by atoms with Crippen molar-refractivity contribution in [2.45, 2.75) is 11.8 Å². The smallest absolute Gasteiger partial charge is 0.262 e. The average molecular weight is 434 g/mol. The fourth-order valence-corrected chi connectivity index (χ4v) is 3.78. The van der Waals surface area contributed by atoms with Gasteiger partial charge in [-0.1, -0.05) is 17.7 Å². The van der Waals surface area contributed by atoms with Crippen molar-refractivity contribution in [2.24, 2.45) is 0 Å². The molecule has 29 heavy (non-hydrogen) atoms. The first kappa shape index (κ1) is 20.8. The van der Waals surface area contributed by atoms with Crippen molar-refractivity contribution in [3.8, 4) is 23.0 Å². The van der Waals surface area contributed by atoms with Crippen LogP contribution in [0.4, 0.5) is 5.69 Å². The molecule has 6 nitrogen and oxygen atoms in total. The van der Waals surface area contributed by atoms with Crippen molar-refractivity contribution < 1.29 is 22.6 Å². The minimum atomic E-state index is -3.86. The summed E-state index contributed by atoms with van der Waals surface area (Å²) in [7, 11) is -2.30. The van der Waals surface area contributed by atoms with E-state index < -0.39 is 10.0 Å². The van der Waals surface area contributed by atoms with Gasteiger partial charge in [-0.05, 0) is 61.5 Å². The summed E-state index contributed by atoms with van der Waals surface area (Å²) < 4.78 is 44.6. The van der Waals surface area contributed by atoms with Crippen molar-refractivity contribution >= 4 is 27.3 Å². The third kappa shape index (κ3) is 5.34. The number of rotatable bonds is 8. The highest BCUT2D eigenvalue weighted by molar-refractivity contribution is 7.92. The lowest BCUT2D eigenvalue weighted by atomic mass is 10.3. The molecule has 0 amide bonds. The standard InChI is InChI=1S/C21H20ClNO5S/c1-3-27-16-8-10-19(11-9-16)29(24,25)23-20-13-15(22)7-12-21(20)28-18-6-4-5-17(14-18)26-2/h4-14,23H,3H2,1-2H3. The van der Waals surface area contributed by atoms with Gasteiger partial charge in [-0.25, -0.2) is 8.42 Å². The maximum Gasteiger partial charge on any atom is 0.262 e. The molecule has 3 aromatic carbocycles. The van der Waals surface area contributed by atoms with Gasteiger partial charge in [0.25, 0.3) is 10.0 Å². The normalized spacial score (nSPS) is 11.0. The summed E-state index contributed by atoms with van der Waals surface area (Å²) in [5.74, 6) is 2.01. The molecule has 0 aromatic heterocycles. The van der Waals surface area contributed by atoms with Crippen LogP contribution >= 0.6 is 11.6 Å². The number of sulfonamides is 1. The molecule has 0 aliphatic carbocycles. The average Bonchev–Trinajstić information content (AvgIpc) is 2.71. The molecule has 0 saturated carbocycles. The van der Waals surface area contributed by atoms with Gasteiger partial charge in [0.05, 0.1) is 24.3 Å². The van der Waals surface area contributed by atoms with Gasteiger partial charge in [-0.2, -0.15) is 0 Å². The highest BCUT2D eigenvalue weighted by atomic mass is 35.5. The van der Waals surface area contributed by atoms with Crippen LogP contribution in [0.3, 0.4) is 0 Å². The third-order valence-corrected chi connectivity index (χ3v) is 5.52. The number of methoxy groups -OCH3 is 1. The van der Waals surface area contributed by atoms with E-state index >= 15 is 0 Å². The van der Waals surface area contributed by atoms with Gasteiger partial charge in [-0.3, -0.25) is 4.72 Å². The molecule has 0 bridgehead atoms. The molecule has 3 rings (SSSR count). The van der Waals surface area contributed by atoms with Crippen LogP contribution in [0.5, 0.6) is 23.0 Å². The first-order valence-electron chi connectivity index (χ1n) is 8.78. The molecule has 1 N–H and O–H groups in total. The predicted octanol–water partition coefficient (Wildman–Crippen LogP) is 5.34. The quantitative estimate of drug-likeness (QED) is 0.519. The number of hydrogen-bond donors (Lipinski definition) is 1. The zero-order chi connectivity index (χ0) is 20.9. The van der Waals surface area contributed by atoms with Crippen LogP contribution in [0.25, 0.3) is 0 Å². The molecule has 0 radical (unpaired) electrons. The van der Waals surface area contributed by atoms with Gasteiger partial charge in [-0.15, -0.1) is 0 Å². The molecule has 152 valence electrons. The largest absolute Gasteiger partial charge is 0.497 e. The number of hydrogen-bond acceptors (Lipinski definition) is 5. The fourth-order valence-electron chi connectivity index (χ4n) is 2.55. The maximum absolute atomic E-state index is 12.8. The minimum Gasteiger partial charge on any atom is -0.497 e. The van der Waals surface area contributed by atoms with Crippen LogP contribution in [0.2, 0.25) is 5.02 Å². The zero-order valence-electron chi connectivity index (χ0n) is 15.9. The maximum atomic E-state index is 12.8. The highest BCUT2D eigenvalue weighted by Gasteiger charge is 2.18. The topological polar surface area (TPSA) is 73.9 Å². The molecule has 0 saturated heterocycles. The van der Waals surface area contributed by atoms with Crippen LogP contribution in [0.15, 0.2) is 71.6 Å². The van der Waals surface area contributed by atoms with E-state index in [1.165, 1.54) is 18.2 Å². The number of ether oxygens (including phenoxy) is 3. The molecule has 0 heterocycles. The molecule has 0 aliphatic rings. The predicted molar refractivity (Wildman–Crippen MR) is 113 cm³/mol. The summed E-state index contributed by atoms with van der Waals surface area (Å²) in [4.78, 5) is 0.0910. The first-order valence-corrected chi connectivity index (χ1v) is 10.6. The molecular weight excluding hydrogens is 414 g/mol. The molecule has 3 aromatic rings. The van der Waals surface area contributed by atoms with Crippen molar-refractivity contribution in [1.82, 2.24) is 0 Å². The van der Waals surface area contributed by atoms with E-state index in [1.807, 2.05) is 6.92 Å². The Morgan fingerprint density at radius 2 is 1.66 bits per heavy atom. The number of nitrogens with one attached hydrogen (secondary N) is 1. The second-order valence-corrected chi connectivity index (χ2v) is 8.05. The molecular formula is C21H20ClNO5S. The van der Waals surface area contributed by atoms with Crippen molar-refractivity contribution in [3.63, 3.8) is 0 Å². The van der Waals surface area contributed by atoms with E-state index in [2.05, 4.69) is 4.72 Å². The minimum absolute atomic E-state index is 0.0910.